The summed E-state index contributed by atoms with van der Waals surface area (Å²) in [6, 6.07) is -1.79. The normalized spacial score (nSPS) is 36.8. The van der Waals surface area contributed by atoms with Crippen molar-refractivity contribution in [3.63, 3.8) is 0 Å². The van der Waals surface area contributed by atoms with E-state index in [4.69, 9.17) is 9.47 Å². The van der Waals surface area contributed by atoms with E-state index in [1.165, 1.54) is 4.90 Å². The van der Waals surface area contributed by atoms with Crippen LogP contribution in [-0.4, -0.2) is 94.2 Å². The molecule has 2 fully saturated rings. The van der Waals surface area contributed by atoms with Crippen LogP contribution in [0.4, 0.5) is 0 Å². The highest BCUT2D eigenvalue weighted by Crippen LogP contribution is 2.56. The minimum atomic E-state index is -1.31. The molecule has 4 heterocycles. The fourth-order valence-corrected chi connectivity index (χ4v) is 5.86. The number of ether oxygens (including phenoxy) is 2. The van der Waals surface area contributed by atoms with E-state index in [1.54, 1.807) is 24.0 Å². The number of fused-ring (bicyclic) bond motifs is 2. The van der Waals surface area contributed by atoms with Gasteiger partial charge in [-0.15, -0.1) is 0 Å². The van der Waals surface area contributed by atoms with Crippen molar-refractivity contribution in [1.82, 2.24) is 15.1 Å². The third kappa shape index (κ3) is 4.34. The van der Waals surface area contributed by atoms with Gasteiger partial charge >= 0.3 is 5.97 Å². The first kappa shape index (κ1) is 26.3. The largest absolute Gasteiger partial charge is 0.460 e. The van der Waals surface area contributed by atoms with Gasteiger partial charge in [-0.05, 0) is 33.6 Å². The van der Waals surface area contributed by atoms with Crippen LogP contribution < -0.4 is 5.32 Å². The Morgan fingerprint density at radius 3 is 2.61 bits per heavy atom. The van der Waals surface area contributed by atoms with Gasteiger partial charge in [-0.2, -0.15) is 0 Å². The summed E-state index contributed by atoms with van der Waals surface area (Å²) in [5, 5.41) is 12.9. The number of amides is 3. The van der Waals surface area contributed by atoms with Gasteiger partial charge in [0.15, 0.2) is 0 Å². The van der Waals surface area contributed by atoms with Gasteiger partial charge in [0, 0.05) is 19.0 Å². The molecule has 0 aliphatic carbocycles. The first-order valence-electron chi connectivity index (χ1n) is 12.9. The van der Waals surface area contributed by atoms with Crippen LogP contribution in [0.5, 0.6) is 0 Å². The van der Waals surface area contributed by atoms with Gasteiger partial charge in [0.05, 0.1) is 31.2 Å². The van der Waals surface area contributed by atoms with Crippen molar-refractivity contribution in [2.75, 3.05) is 19.7 Å². The Morgan fingerprint density at radius 2 is 1.94 bits per heavy atom. The number of nitrogens with zero attached hydrogens (tertiary/aromatic N) is 2. The van der Waals surface area contributed by atoms with Crippen molar-refractivity contribution in [2.24, 2.45) is 11.8 Å². The maximum absolute atomic E-state index is 14.2. The molecule has 3 amide bonds. The number of hydrogen-bond acceptors (Lipinski definition) is 7. The lowest BCUT2D eigenvalue weighted by Gasteiger charge is -2.39. The van der Waals surface area contributed by atoms with Crippen LogP contribution in [0.2, 0.25) is 0 Å². The zero-order valence-electron chi connectivity index (χ0n) is 21.4. The second kappa shape index (κ2) is 10.3. The Balaban J connectivity index is 1.79. The lowest BCUT2D eigenvalue weighted by Crippen LogP contribution is -2.59. The van der Waals surface area contributed by atoms with Gasteiger partial charge in [-0.3, -0.25) is 19.2 Å². The molecular formula is C26H37N3O7. The summed E-state index contributed by atoms with van der Waals surface area (Å²) in [6.45, 7) is 7.46. The summed E-state index contributed by atoms with van der Waals surface area (Å²) < 4.78 is 12.0. The van der Waals surface area contributed by atoms with Crippen molar-refractivity contribution >= 4 is 23.7 Å². The maximum Gasteiger partial charge on any atom is 0.313 e. The predicted molar refractivity (Wildman–Crippen MR) is 129 cm³/mol. The summed E-state index contributed by atoms with van der Waals surface area (Å²) in [6.07, 6.45) is 7.12. The lowest BCUT2D eigenvalue weighted by molar-refractivity contribution is -0.159. The molecule has 0 aromatic rings. The molecule has 10 nitrogen and oxygen atoms in total. The molecule has 0 radical (unpaired) electrons. The van der Waals surface area contributed by atoms with Gasteiger partial charge in [-0.25, -0.2) is 0 Å². The minimum absolute atomic E-state index is 0.156. The van der Waals surface area contributed by atoms with Crippen molar-refractivity contribution in [1.29, 1.82) is 0 Å². The molecule has 4 rings (SSSR count). The van der Waals surface area contributed by atoms with E-state index < -0.39 is 47.7 Å². The van der Waals surface area contributed by atoms with Crippen LogP contribution in [-0.2, 0) is 28.7 Å². The topological polar surface area (TPSA) is 125 Å². The summed E-state index contributed by atoms with van der Waals surface area (Å²) >= 11 is 0. The molecule has 36 heavy (non-hydrogen) atoms. The number of likely N-dealkylation sites (tertiary alicyclic amines) is 1. The summed E-state index contributed by atoms with van der Waals surface area (Å²) in [4.78, 5) is 56.7. The Bertz CT molecular complexity index is 959. The number of rotatable bonds is 4. The van der Waals surface area contributed by atoms with E-state index in [0.717, 1.165) is 0 Å². The van der Waals surface area contributed by atoms with Crippen LogP contribution in [0.1, 0.15) is 47.0 Å². The van der Waals surface area contributed by atoms with Crippen molar-refractivity contribution in [2.45, 2.75) is 82.9 Å². The number of nitrogens with one attached hydrogen (secondary N) is 1. The molecule has 0 aromatic carbocycles. The number of aliphatic hydroxyl groups excluding tert-OH is 1. The Labute approximate surface area is 211 Å². The van der Waals surface area contributed by atoms with Gasteiger partial charge < -0.3 is 29.7 Å². The van der Waals surface area contributed by atoms with Crippen molar-refractivity contribution < 1.29 is 33.8 Å². The molecule has 0 unspecified atom stereocenters. The third-order valence-electron chi connectivity index (χ3n) is 7.71. The van der Waals surface area contributed by atoms with Gasteiger partial charge in [0.25, 0.3) is 0 Å². The third-order valence-corrected chi connectivity index (χ3v) is 7.71. The van der Waals surface area contributed by atoms with Crippen molar-refractivity contribution in [3.05, 3.63) is 24.3 Å². The molecule has 198 valence electrons. The first-order valence-corrected chi connectivity index (χ1v) is 12.9. The highest BCUT2D eigenvalue weighted by molar-refractivity contribution is 5.99. The van der Waals surface area contributed by atoms with Crippen molar-refractivity contribution in [3.8, 4) is 0 Å². The van der Waals surface area contributed by atoms with E-state index in [9.17, 15) is 24.3 Å². The van der Waals surface area contributed by atoms with Gasteiger partial charge in [0.1, 0.15) is 23.7 Å². The molecule has 2 saturated heterocycles. The maximum atomic E-state index is 14.2. The summed E-state index contributed by atoms with van der Waals surface area (Å²) in [5.74, 6) is -3.29. The number of carbonyl (C=O) groups excluding carboxylic acids is 4. The summed E-state index contributed by atoms with van der Waals surface area (Å²) in [7, 11) is 0. The number of carbonyl (C=O) groups is 4. The lowest BCUT2D eigenvalue weighted by atomic mass is 9.74. The summed E-state index contributed by atoms with van der Waals surface area (Å²) in [5.41, 5.74) is -1.31. The average Bonchev–Trinajstić information content (AvgIpc) is 3.47. The highest BCUT2D eigenvalue weighted by Gasteiger charge is 2.74. The number of esters is 1. The molecule has 4 aliphatic rings. The monoisotopic (exact) mass is 503 g/mol. The number of hydrogen-bond donors (Lipinski definition) is 2. The van der Waals surface area contributed by atoms with Crippen LogP contribution in [0.3, 0.4) is 0 Å². The second-order valence-corrected chi connectivity index (χ2v) is 10.3. The van der Waals surface area contributed by atoms with E-state index in [0.29, 0.717) is 19.4 Å². The zero-order chi connectivity index (χ0) is 26.2. The fraction of sp³-hybridized carbons (Fsp3) is 0.692. The van der Waals surface area contributed by atoms with Crippen LogP contribution in [0.15, 0.2) is 24.3 Å². The molecule has 0 saturated carbocycles. The molecular weight excluding hydrogens is 466 g/mol. The minimum Gasteiger partial charge on any atom is -0.460 e. The number of aliphatic hydroxyl groups is 1. The van der Waals surface area contributed by atoms with E-state index in [2.05, 4.69) is 5.32 Å². The van der Waals surface area contributed by atoms with Gasteiger partial charge in [-0.1, -0.05) is 31.2 Å². The Kier molecular flexibility index (Phi) is 7.56. The standard InChI is InChI=1S/C26H37N3O7/c1-5-17(14-30)29-22-24(33)28(15(2)3)12-8-6-7-9-19(31)27-13-16(4)35-25(34)20-18-10-11-26(22,36-18)21(20)23(29)32/h6,8,10-11,15-18,20-22,30H,5,7,9,12-14H2,1-4H3,(H,27,31)/b8-6-/t16-,17-,18+,20-,21-,22+,26-/m0/s1. The molecule has 5 bridgehead atoms. The molecule has 0 aromatic heterocycles. The van der Waals surface area contributed by atoms with Crippen LogP contribution in [0.25, 0.3) is 0 Å². The van der Waals surface area contributed by atoms with E-state index in [-0.39, 0.29) is 43.3 Å². The van der Waals surface area contributed by atoms with Crippen LogP contribution in [0, 0.1) is 11.8 Å². The van der Waals surface area contributed by atoms with E-state index >= 15 is 0 Å². The smallest absolute Gasteiger partial charge is 0.313 e. The Hall–Kier alpha value is -2.72. The molecule has 4 aliphatic heterocycles. The van der Waals surface area contributed by atoms with Gasteiger partial charge in [0.2, 0.25) is 17.7 Å². The highest BCUT2D eigenvalue weighted by atomic mass is 16.6. The number of allylic oxidation sites excluding steroid dienone is 1. The zero-order valence-corrected chi connectivity index (χ0v) is 21.4. The SMILES string of the molecule is CC[C@@H](CO)N1C(=O)[C@@H]2[C@H]3C(=O)O[C@@H](C)CNC(=O)CC/C=C\CN(C(C)C)C(=O)[C@@H]1[C@]21C=C[C@H]3O1. The molecule has 10 heteroatoms. The molecule has 7 atom stereocenters. The quantitative estimate of drug-likeness (QED) is 0.424. The fourth-order valence-electron chi connectivity index (χ4n) is 5.86. The molecule has 2 N–H and O–H groups in total. The van der Waals surface area contributed by atoms with E-state index in [1.807, 2.05) is 32.9 Å². The predicted octanol–water partition coefficient (Wildman–Crippen LogP) is 0.543. The Morgan fingerprint density at radius 1 is 1.19 bits per heavy atom. The molecule has 1 spiro atoms. The number of cyclic esters (lactones) is 1. The second-order valence-electron chi connectivity index (χ2n) is 10.3. The average molecular weight is 504 g/mol. The first-order chi connectivity index (χ1) is 17.2. The van der Waals surface area contributed by atoms with Crippen LogP contribution >= 0.6 is 0 Å².